The van der Waals surface area contributed by atoms with Gasteiger partial charge in [0.2, 0.25) is 0 Å². The molecule has 1 aliphatic rings. The monoisotopic (exact) mass is 597 g/mol. The molecule has 45 heavy (non-hydrogen) atoms. The molecule has 0 saturated carbocycles. The van der Waals surface area contributed by atoms with Gasteiger partial charge in [-0.3, -0.25) is 0 Å². The molecule has 4 heteroatoms. The van der Waals surface area contributed by atoms with E-state index < -0.39 is 0 Å². The van der Waals surface area contributed by atoms with Gasteiger partial charge in [0, 0.05) is 55.1 Å². The molecule has 0 atom stereocenters. The summed E-state index contributed by atoms with van der Waals surface area (Å²) in [7, 11) is 0. The van der Waals surface area contributed by atoms with Crippen LogP contribution in [0.1, 0.15) is 11.1 Å². The first-order valence-corrected chi connectivity index (χ1v) is 15.6. The van der Waals surface area contributed by atoms with Crippen molar-refractivity contribution in [3.05, 3.63) is 176 Å². The minimum absolute atomic E-state index is 0.664. The third-order valence-corrected chi connectivity index (χ3v) is 9.23. The maximum Gasteiger partial charge on any atom is 0.0569 e. The number of allylic oxidation sites excluding steroid dienone is 7. The summed E-state index contributed by atoms with van der Waals surface area (Å²) in [4.78, 5) is 2.23. The van der Waals surface area contributed by atoms with Crippen molar-refractivity contribution in [1.29, 1.82) is 5.41 Å². The number of nitrogens with zero attached hydrogens (tertiary/aromatic N) is 1. The van der Waals surface area contributed by atoms with E-state index in [1.54, 1.807) is 11.3 Å². The zero-order valence-electron chi connectivity index (χ0n) is 24.7. The zero-order chi connectivity index (χ0) is 30.8. The van der Waals surface area contributed by atoms with Gasteiger partial charge in [0.15, 0.2) is 0 Å². The summed E-state index contributed by atoms with van der Waals surface area (Å²) in [6.07, 6.45) is 11.6. The predicted octanol–water partition coefficient (Wildman–Crippen LogP) is 11.6. The first-order chi connectivity index (χ1) is 22.1. The molecule has 2 N–H and O–H groups in total. The van der Waals surface area contributed by atoms with Crippen LogP contribution in [0.3, 0.4) is 0 Å². The van der Waals surface area contributed by atoms with E-state index in [0.29, 0.717) is 5.70 Å². The largest absolute Gasteiger partial charge is 0.354 e. The fourth-order valence-electron chi connectivity index (χ4n) is 5.83. The van der Waals surface area contributed by atoms with Crippen molar-refractivity contribution in [3.63, 3.8) is 0 Å². The van der Waals surface area contributed by atoms with Crippen LogP contribution < -0.4 is 10.2 Å². The molecule has 6 aromatic rings. The maximum atomic E-state index is 8.16. The number of rotatable bonds is 7. The first kappa shape index (κ1) is 28.1. The molecule has 1 aromatic heterocycles. The van der Waals surface area contributed by atoms with Gasteiger partial charge in [-0.15, -0.1) is 11.3 Å². The van der Waals surface area contributed by atoms with Crippen molar-refractivity contribution in [3.8, 4) is 11.1 Å². The van der Waals surface area contributed by atoms with Crippen LogP contribution >= 0.6 is 11.3 Å². The third-order valence-electron chi connectivity index (χ3n) is 8.02. The van der Waals surface area contributed by atoms with Crippen molar-refractivity contribution in [2.45, 2.75) is 0 Å². The van der Waals surface area contributed by atoms with E-state index in [4.69, 9.17) is 5.41 Å². The van der Waals surface area contributed by atoms with Crippen LogP contribution in [0.5, 0.6) is 0 Å². The number of para-hydroxylation sites is 2. The smallest absolute Gasteiger partial charge is 0.0569 e. The molecule has 0 saturated heterocycles. The van der Waals surface area contributed by atoms with E-state index in [9.17, 15) is 0 Å². The lowest BCUT2D eigenvalue weighted by Gasteiger charge is -2.25. The quantitative estimate of drug-likeness (QED) is 0.142. The summed E-state index contributed by atoms with van der Waals surface area (Å²) in [6, 6.07) is 39.8. The first-order valence-electron chi connectivity index (χ1n) is 14.8. The standard InChI is InChI=1S/C41H31N3S/c1-28-13-11-12-24-44(33-16-7-4-8-17-33)38-22-21-35-36-26-31(20-23-39(36)45-41(35)40(28)38)29(2)25-32(27-42)43-37-19-10-9-18-34(37)30-14-5-3-6-15-30/h3-27,42-43H,1-2H2/b13-11-,24-12-,32-25+,42-27?. The fourth-order valence-corrected chi connectivity index (χ4v) is 7.09. The molecule has 0 aliphatic carbocycles. The van der Waals surface area contributed by atoms with E-state index in [1.165, 1.54) is 26.4 Å². The second-order valence-corrected chi connectivity index (χ2v) is 11.9. The average molecular weight is 598 g/mol. The molecule has 0 amide bonds. The highest BCUT2D eigenvalue weighted by molar-refractivity contribution is 7.26. The lowest BCUT2D eigenvalue weighted by atomic mass is 9.98. The van der Waals surface area contributed by atoms with Crippen LogP contribution in [0.2, 0.25) is 0 Å². The van der Waals surface area contributed by atoms with Crippen LogP contribution in [0.15, 0.2) is 165 Å². The molecular weight excluding hydrogens is 567 g/mol. The lowest BCUT2D eigenvalue weighted by Crippen LogP contribution is -2.11. The Labute approximate surface area is 267 Å². The van der Waals surface area contributed by atoms with Crippen LogP contribution in [-0.4, -0.2) is 6.21 Å². The Hall–Kier alpha value is -5.71. The van der Waals surface area contributed by atoms with Crippen LogP contribution in [-0.2, 0) is 0 Å². The molecule has 2 heterocycles. The number of hydrogen-bond donors (Lipinski definition) is 2. The maximum absolute atomic E-state index is 8.16. The average Bonchev–Trinajstić information content (AvgIpc) is 3.45. The van der Waals surface area contributed by atoms with E-state index in [1.807, 2.05) is 48.5 Å². The SMILES string of the molecule is C=C(/C=C(\C=N)Nc1ccccc1-c1ccccc1)c1ccc2sc3c4c(ccc3c2c1)N(c1ccccc1)/C=C\C=C/C4=C. The van der Waals surface area contributed by atoms with Gasteiger partial charge in [-0.25, -0.2) is 0 Å². The van der Waals surface area contributed by atoms with Gasteiger partial charge < -0.3 is 15.6 Å². The van der Waals surface area contributed by atoms with Crippen molar-refractivity contribution < 1.29 is 0 Å². The fraction of sp³-hybridized carbons (Fsp3) is 0. The number of hydrogen-bond acceptors (Lipinski definition) is 4. The van der Waals surface area contributed by atoms with Gasteiger partial charge in [-0.05, 0) is 70.8 Å². The molecule has 0 spiro atoms. The molecule has 7 rings (SSSR count). The Bertz CT molecular complexity index is 2180. The summed E-state index contributed by atoms with van der Waals surface area (Å²) in [5, 5.41) is 14.0. The van der Waals surface area contributed by atoms with Crippen molar-refractivity contribution in [2.24, 2.45) is 0 Å². The van der Waals surface area contributed by atoms with E-state index in [-0.39, 0.29) is 0 Å². The molecule has 0 fully saturated rings. The molecular formula is C41H31N3S. The lowest BCUT2D eigenvalue weighted by molar-refractivity contribution is 1.28. The number of thiophene rings is 1. The van der Waals surface area contributed by atoms with Gasteiger partial charge in [0.05, 0.1) is 11.4 Å². The third kappa shape index (κ3) is 5.44. The Morgan fingerprint density at radius 1 is 0.800 bits per heavy atom. The molecule has 3 nitrogen and oxygen atoms in total. The number of benzene rings is 5. The highest BCUT2D eigenvalue weighted by Crippen LogP contribution is 2.45. The van der Waals surface area contributed by atoms with E-state index in [0.717, 1.165) is 50.5 Å². The van der Waals surface area contributed by atoms with Crippen molar-refractivity contribution in [2.75, 3.05) is 10.2 Å². The number of anilines is 3. The summed E-state index contributed by atoms with van der Waals surface area (Å²) in [5.74, 6) is 0. The highest BCUT2D eigenvalue weighted by Gasteiger charge is 2.20. The molecule has 0 bridgehead atoms. The normalized spacial score (nSPS) is 14.4. The number of nitrogens with one attached hydrogen (secondary N) is 2. The summed E-state index contributed by atoms with van der Waals surface area (Å²) >= 11 is 1.79. The molecule has 216 valence electrons. The Balaban J connectivity index is 1.26. The predicted molar refractivity (Wildman–Crippen MR) is 197 cm³/mol. The molecule has 5 aromatic carbocycles. The van der Waals surface area contributed by atoms with Gasteiger partial charge in [-0.1, -0.05) is 104 Å². The van der Waals surface area contributed by atoms with Gasteiger partial charge in [-0.2, -0.15) is 0 Å². The minimum atomic E-state index is 0.664. The van der Waals surface area contributed by atoms with Crippen molar-refractivity contribution in [1.82, 2.24) is 0 Å². The van der Waals surface area contributed by atoms with Crippen LogP contribution in [0, 0.1) is 5.41 Å². The summed E-state index contributed by atoms with van der Waals surface area (Å²) in [5.41, 5.74) is 9.98. The Morgan fingerprint density at radius 3 is 2.36 bits per heavy atom. The topological polar surface area (TPSA) is 39.1 Å². The molecule has 0 radical (unpaired) electrons. The number of fused-ring (bicyclic) bond motifs is 5. The van der Waals surface area contributed by atoms with Gasteiger partial charge in [0.1, 0.15) is 0 Å². The second kappa shape index (κ2) is 12.1. The zero-order valence-corrected chi connectivity index (χ0v) is 25.5. The molecule has 1 aliphatic heterocycles. The highest BCUT2D eigenvalue weighted by atomic mass is 32.1. The van der Waals surface area contributed by atoms with Gasteiger partial charge >= 0.3 is 0 Å². The Kier molecular flexibility index (Phi) is 7.56. The van der Waals surface area contributed by atoms with Gasteiger partial charge in [0.25, 0.3) is 0 Å². The Morgan fingerprint density at radius 2 is 1.56 bits per heavy atom. The van der Waals surface area contributed by atoms with E-state index in [2.05, 4.69) is 121 Å². The summed E-state index contributed by atoms with van der Waals surface area (Å²) < 4.78 is 2.42. The summed E-state index contributed by atoms with van der Waals surface area (Å²) in [6.45, 7) is 8.86. The molecule has 0 unspecified atom stereocenters. The van der Waals surface area contributed by atoms with E-state index >= 15 is 0 Å². The minimum Gasteiger partial charge on any atom is -0.354 e. The van der Waals surface area contributed by atoms with Crippen LogP contribution in [0.25, 0.3) is 42.4 Å². The van der Waals surface area contributed by atoms with Crippen LogP contribution in [0.4, 0.5) is 17.1 Å². The second-order valence-electron chi connectivity index (χ2n) is 10.9. The van der Waals surface area contributed by atoms with Crippen molar-refractivity contribution >= 4 is 65.9 Å².